The van der Waals surface area contributed by atoms with Crippen LogP contribution < -0.4 is 21.5 Å². The standard InChI is InChI=1S/C24H29F3N4O3S/c1-14(7-8-32)34-19-10-16(22(33)30-12-18(28)5-6-21(29)24(25,26)27)9-17(11-19)23-31-13-20(35-23)15-3-2-4-15/h5-6,9-11,13-15,32H,2-4,7-8,12,28-29H2,1H3,(H,30,33)/b18-5-,21-6-/t14-/m1/s1. The summed E-state index contributed by atoms with van der Waals surface area (Å²) in [4.78, 5) is 18.6. The van der Waals surface area contributed by atoms with Crippen molar-refractivity contribution < 1.29 is 27.8 Å². The van der Waals surface area contributed by atoms with Crippen molar-refractivity contribution in [2.24, 2.45) is 11.5 Å². The smallest absolute Gasteiger partial charge is 0.430 e. The van der Waals surface area contributed by atoms with Gasteiger partial charge in [-0.25, -0.2) is 4.98 Å². The number of nitrogens with one attached hydrogen (secondary N) is 1. The van der Waals surface area contributed by atoms with Crippen LogP contribution in [-0.2, 0) is 0 Å². The number of benzene rings is 1. The molecule has 35 heavy (non-hydrogen) atoms. The second-order valence-corrected chi connectivity index (χ2v) is 9.49. The number of hydrogen-bond acceptors (Lipinski definition) is 7. The molecule has 1 atom stereocenters. The molecule has 7 nitrogen and oxygen atoms in total. The van der Waals surface area contributed by atoms with E-state index in [1.165, 1.54) is 11.3 Å². The largest absolute Gasteiger partial charge is 0.491 e. The lowest BCUT2D eigenvalue weighted by molar-refractivity contribution is -0.0926. The summed E-state index contributed by atoms with van der Waals surface area (Å²) in [6, 6.07) is 5.05. The molecule has 2 aromatic rings. The Bertz CT molecular complexity index is 1090. The Morgan fingerprint density at radius 1 is 1.31 bits per heavy atom. The third-order valence-corrected chi connectivity index (χ3v) is 6.79. The van der Waals surface area contributed by atoms with Gasteiger partial charge < -0.3 is 26.6 Å². The molecule has 0 bridgehead atoms. The first kappa shape index (κ1) is 26.6. The minimum atomic E-state index is -4.65. The molecule has 0 spiro atoms. The maximum Gasteiger partial charge on any atom is 0.430 e. The van der Waals surface area contributed by atoms with Crippen molar-refractivity contribution in [1.82, 2.24) is 10.3 Å². The second kappa shape index (κ2) is 11.6. The fourth-order valence-electron chi connectivity index (χ4n) is 3.33. The molecular formula is C24H29F3N4O3S. The zero-order valence-electron chi connectivity index (χ0n) is 19.3. The van der Waals surface area contributed by atoms with Gasteiger partial charge in [-0.3, -0.25) is 4.79 Å². The number of nitrogens with zero attached hydrogens (tertiary/aromatic N) is 1. The van der Waals surface area contributed by atoms with Crippen molar-refractivity contribution in [2.75, 3.05) is 13.2 Å². The normalized spacial score (nSPS) is 16.0. The zero-order valence-corrected chi connectivity index (χ0v) is 20.1. The molecule has 0 radical (unpaired) electrons. The highest BCUT2D eigenvalue weighted by atomic mass is 32.1. The van der Waals surface area contributed by atoms with Crippen molar-refractivity contribution in [2.45, 2.75) is 50.8 Å². The van der Waals surface area contributed by atoms with Gasteiger partial charge in [0.25, 0.3) is 5.91 Å². The molecule has 1 aliphatic carbocycles. The van der Waals surface area contributed by atoms with E-state index in [1.807, 2.05) is 13.1 Å². The van der Waals surface area contributed by atoms with Crippen LogP contribution in [0.3, 0.4) is 0 Å². The van der Waals surface area contributed by atoms with Gasteiger partial charge in [0.2, 0.25) is 0 Å². The number of halogens is 3. The SMILES string of the molecule is C[C@H](CCO)Oc1cc(C(=O)NC/C(N)=C/C=C(\N)C(F)(F)F)cc(-c2ncc(C3CCC3)s2)c1. The molecule has 0 unspecified atom stereocenters. The van der Waals surface area contributed by atoms with Gasteiger partial charge in [-0.15, -0.1) is 11.3 Å². The van der Waals surface area contributed by atoms with Gasteiger partial charge in [-0.05, 0) is 56.0 Å². The lowest BCUT2D eigenvalue weighted by Crippen LogP contribution is -2.28. The topological polar surface area (TPSA) is 123 Å². The highest BCUT2D eigenvalue weighted by Crippen LogP contribution is 2.41. The molecule has 11 heteroatoms. The lowest BCUT2D eigenvalue weighted by atomic mass is 9.85. The Balaban J connectivity index is 1.79. The number of rotatable bonds is 10. The van der Waals surface area contributed by atoms with Gasteiger partial charge in [-0.2, -0.15) is 13.2 Å². The average Bonchev–Trinajstić information content (AvgIpc) is 3.23. The molecule has 3 rings (SSSR count). The molecule has 1 heterocycles. The molecule has 1 amide bonds. The predicted octanol–water partition coefficient (Wildman–Crippen LogP) is 4.20. The summed E-state index contributed by atoms with van der Waals surface area (Å²) in [5, 5.41) is 12.5. The molecule has 1 aliphatic rings. The number of alkyl halides is 3. The Morgan fingerprint density at radius 3 is 2.69 bits per heavy atom. The maximum atomic E-state index is 12.8. The minimum absolute atomic E-state index is 0.000176. The first-order chi connectivity index (χ1) is 16.6. The highest BCUT2D eigenvalue weighted by Gasteiger charge is 2.30. The Labute approximate surface area is 205 Å². The number of hydrogen-bond donors (Lipinski definition) is 4. The number of aliphatic hydroxyl groups is 1. The van der Waals surface area contributed by atoms with Crippen LogP contribution in [0, 0.1) is 0 Å². The van der Waals surface area contributed by atoms with E-state index in [1.54, 1.807) is 29.5 Å². The molecule has 0 saturated heterocycles. The maximum absolute atomic E-state index is 12.8. The number of ether oxygens (including phenoxy) is 1. The molecule has 1 saturated carbocycles. The molecule has 190 valence electrons. The van der Waals surface area contributed by atoms with E-state index in [4.69, 9.17) is 16.2 Å². The van der Waals surface area contributed by atoms with Crippen molar-refractivity contribution in [3.05, 3.63) is 58.4 Å². The third-order valence-electron chi connectivity index (χ3n) is 5.58. The van der Waals surface area contributed by atoms with Crippen molar-refractivity contribution in [3.8, 4) is 16.3 Å². The molecule has 6 N–H and O–H groups in total. The zero-order chi connectivity index (χ0) is 25.6. The summed E-state index contributed by atoms with van der Waals surface area (Å²) in [6.07, 6.45) is 2.52. The van der Waals surface area contributed by atoms with Crippen LogP contribution in [0.2, 0.25) is 0 Å². The van der Waals surface area contributed by atoms with E-state index in [-0.39, 0.29) is 30.5 Å². The Morgan fingerprint density at radius 2 is 2.06 bits per heavy atom. The summed E-state index contributed by atoms with van der Waals surface area (Å²) in [5.41, 5.74) is 10.4. The van der Waals surface area contributed by atoms with Gasteiger partial charge in [-0.1, -0.05) is 6.42 Å². The monoisotopic (exact) mass is 510 g/mol. The number of aromatic nitrogens is 1. The fourth-order valence-corrected chi connectivity index (χ4v) is 4.40. The molecular weight excluding hydrogens is 481 g/mol. The van der Waals surface area contributed by atoms with Gasteiger partial charge in [0.1, 0.15) is 16.5 Å². The van der Waals surface area contributed by atoms with Crippen LogP contribution in [-0.4, -0.2) is 41.4 Å². The summed E-state index contributed by atoms with van der Waals surface area (Å²) >= 11 is 1.58. The highest BCUT2D eigenvalue weighted by molar-refractivity contribution is 7.15. The van der Waals surface area contributed by atoms with Crippen molar-refractivity contribution in [3.63, 3.8) is 0 Å². The van der Waals surface area contributed by atoms with E-state index >= 15 is 0 Å². The molecule has 1 fully saturated rings. The van der Waals surface area contributed by atoms with Gasteiger partial charge >= 0.3 is 6.18 Å². The van der Waals surface area contributed by atoms with E-state index in [0.717, 1.165) is 23.9 Å². The van der Waals surface area contributed by atoms with E-state index in [2.05, 4.69) is 10.3 Å². The first-order valence-corrected chi connectivity index (χ1v) is 12.0. The number of amides is 1. The van der Waals surface area contributed by atoms with Crippen molar-refractivity contribution >= 4 is 17.2 Å². The molecule has 1 aromatic heterocycles. The van der Waals surface area contributed by atoms with E-state index < -0.39 is 17.8 Å². The summed E-state index contributed by atoms with van der Waals surface area (Å²) < 4.78 is 43.4. The van der Waals surface area contributed by atoms with Crippen LogP contribution in [0.4, 0.5) is 13.2 Å². The Hall–Kier alpha value is -3.05. The molecule has 1 aromatic carbocycles. The predicted molar refractivity (Wildman–Crippen MR) is 129 cm³/mol. The van der Waals surface area contributed by atoms with Gasteiger partial charge in [0.15, 0.2) is 0 Å². The summed E-state index contributed by atoms with van der Waals surface area (Å²) in [7, 11) is 0. The van der Waals surface area contributed by atoms with Crippen LogP contribution >= 0.6 is 11.3 Å². The number of carbonyl (C=O) groups is 1. The van der Waals surface area contributed by atoms with Crippen LogP contribution in [0.25, 0.3) is 10.6 Å². The molecule has 0 aliphatic heterocycles. The number of aliphatic hydroxyl groups excluding tert-OH is 1. The third kappa shape index (κ3) is 7.46. The van der Waals surface area contributed by atoms with Gasteiger partial charge in [0.05, 0.1) is 12.6 Å². The van der Waals surface area contributed by atoms with Crippen LogP contribution in [0.1, 0.15) is 53.8 Å². The van der Waals surface area contributed by atoms with Crippen LogP contribution in [0.15, 0.2) is 47.9 Å². The summed E-state index contributed by atoms with van der Waals surface area (Å²) in [5.74, 6) is 0.494. The number of carbonyl (C=O) groups excluding carboxylic acids is 1. The van der Waals surface area contributed by atoms with Gasteiger partial charge in [0, 0.05) is 40.9 Å². The first-order valence-electron chi connectivity index (χ1n) is 11.2. The summed E-state index contributed by atoms with van der Waals surface area (Å²) in [6.45, 7) is 1.60. The number of thiazole rings is 1. The second-order valence-electron chi connectivity index (χ2n) is 8.43. The fraction of sp³-hybridized carbons (Fsp3) is 0.417. The average molecular weight is 511 g/mol. The van der Waals surface area contributed by atoms with E-state index in [0.29, 0.717) is 29.7 Å². The number of allylic oxidation sites excluding steroid dienone is 3. The number of nitrogens with two attached hydrogens (primary N) is 2. The van der Waals surface area contributed by atoms with Crippen LogP contribution in [0.5, 0.6) is 5.75 Å². The van der Waals surface area contributed by atoms with Crippen molar-refractivity contribution in [1.29, 1.82) is 0 Å². The quantitative estimate of drug-likeness (QED) is 0.355. The minimum Gasteiger partial charge on any atom is -0.491 e. The van der Waals surface area contributed by atoms with E-state index in [9.17, 15) is 23.1 Å². The Kier molecular flexibility index (Phi) is 8.79. The lowest BCUT2D eigenvalue weighted by Gasteiger charge is -2.23.